The average molecular weight is 1320 g/mol. The number of nitrogens with one attached hydrogen (secondary N) is 7. The number of unbranched alkanes of at least 4 members (excludes halogenated alkanes) is 2. The summed E-state index contributed by atoms with van der Waals surface area (Å²) in [7, 11) is -4.15. The third-order valence-electron chi connectivity index (χ3n) is 17.0. The molecule has 9 atom stereocenters. The summed E-state index contributed by atoms with van der Waals surface area (Å²) in [6, 6.07) is 12.0. The Morgan fingerprint density at radius 3 is 2.21 bits per heavy atom. The first kappa shape index (κ1) is 69.9. The number of rotatable bonds is 25. The number of hydrogen-bond donors (Lipinski definition) is 11. The first-order chi connectivity index (χ1) is 43.4. The number of primary amides is 1. The summed E-state index contributed by atoms with van der Waals surface area (Å²) in [5.41, 5.74) is 4.23. The van der Waals surface area contributed by atoms with Crippen molar-refractivity contribution in [1.29, 1.82) is 0 Å². The molecular weight excluding hydrogens is 1230 g/mol. The van der Waals surface area contributed by atoms with Crippen LogP contribution >= 0.6 is 18.9 Å². The fourth-order valence-electron chi connectivity index (χ4n) is 11.9. The molecule has 3 aliphatic heterocycles. The van der Waals surface area contributed by atoms with Gasteiger partial charge in [0.15, 0.2) is 0 Å². The maximum absolute atomic E-state index is 14.6. The number of H-pyrrole nitrogens is 1. The van der Waals surface area contributed by atoms with E-state index in [1.54, 1.807) is 63.7 Å². The molecule has 29 heteroatoms. The third-order valence-corrected chi connectivity index (χ3v) is 19.0. The minimum Gasteiger partial charge on any atom is -0.391 e. The Morgan fingerprint density at radius 1 is 0.837 bits per heavy atom. The molecule has 3 fully saturated rings. The number of aliphatic hydroxyl groups is 1. The van der Waals surface area contributed by atoms with Gasteiger partial charge < -0.3 is 72.2 Å². The Labute approximate surface area is 534 Å². The molecule has 92 heavy (non-hydrogen) atoms. The van der Waals surface area contributed by atoms with Crippen molar-refractivity contribution >= 4 is 83.0 Å². The maximum atomic E-state index is 14.6. The van der Waals surface area contributed by atoms with E-state index in [0.29, 0.717) is 44.2 Å². The number of aromatic amines is 1. The van der Waals surface area contributed by atoms with Gasteiger partial charge >= 0.3 is 13.3 Å². The van der Waals surface area contributed by atoms with Crippen molar-refractivity contribution < 1.29 is 71.4 Å². The summed E-state index contributed by atoms with van der Waals surface area (Å²) >= 11 is 1.54. The minimum absolute atomic E-state index is 0.00300. The highest BCUT2D eigenvalue weighted by molar-refractivity contribution is 7.52. The zero-order valence-electron chi connectivity index (χ0n) is 52.1. The van der Waals surface area contributed by atoms with Crippen LogP contribution in [0.3, 0.4) is 0 Å². The lowest BCUT2D eigenvalue weighted by Gasteiger charge is -2.38. The largest absolute Gasteiger partial charge is 0.399 e. The van der Waals surface area contributed by atoms with Crippen LogP contribution < -0.4 is 37.6 Å². The molecule has 5 aromatic rings. The van der Waals surface area contributed by atoms with Crippen LogP contribution in [-0.4, -0.2) is 168 Å². The smallest absolute Gasteiger partial charge is 0.391 e. The first-order valence-electron chi connectivity index (χ1n) is 30.6. The zero-order chi connectivity index (χ0) is 67.0. The number of nitrogens with zero attached hydrogens (tertiary/aromatic N) is 4. The van der Waals surface area contributed by atoms with E-state index >= 15 is 0 Å². The molecule has 0 spiro atoms. The molecule has 0 radical (unpaired) electrons. The number of β-amino-alcohol motifs (C(OH)–C–C–N with tert-alkyl or cyclic N) is 1. The molecule has 3 saturated heterocycles. The Hall–Kier alpha value is -8.01. The lowest BCUT2D eigenvalue weighted by atomic mass is 9.85. The average Bonchev–Trinajstić information content (AvgIpc) is 1.56. The van der Waals surface area contributed by atoms with Crippen molar-refractivity contribution in [2.24, 2.45) is 11.1 Å². The van der Waals surface area contributed by atoms with Gasteiger partial charge in [-0.3, -0.25) is 47.7 Å². The second-order valence-corrected chi connectivity index (χ2v) is 27.5. The number of alkyl halides is 2. The number of aliphatic hydroxyl groups excluding tert-OH is 1. The summed E-state index contributed by atoms with van der Waals surface area (Å²) in [5, 5.41) is 27.6. The van der Waals surface area contributed by atoms with Crippen LogP contribution in [-0.2, 0) is 48.6 Å². The van der Waals surface area contributed by atoms with Gasteiger partial charge in [0.2, 0.25) is 47.3 Å². The van der Waals surface area contributed by atoms with E-state index in [9.17, 15) is 71.4 Å². The van der Waals surface area contributed by atoms with Gasteiger partial charge in [0.1, 0.15) is 41.9 Å². The van der Waals surface area contributed by atoms with Crippen molar-refractivity contribution in [3.05, 3.63) is 112 Å². The molecule has 8 rings (SSSR count). The van der Waals surface area contributed by atoms with Crippen molar-refractivity contribution in [2.45, 2.75) is 159 Å². The summed E-state index contributed by atoms with van der Waals surface area (Å²) in [4.78, 5) is 156. The number of carbonyl (C=O) groups excluding carboxylic acids is 9. The van der Waals surface area contributed by atoms with Crippen LogP contribution in [0, 0.1) is 12.3 Å². The predicted molar refractivity (Wildman–Crippen MR) is 337 cm³/mol. The minimum atomic E-state index is -5.89. The number of likely N-dealkylation sites (tertiary alicyclic amines) is 1. The number of likely N-dealkylation sites (N-methyl/N-ethyl adjacent to an activating group) is 1. The highest BCUT2D eigenvalue weighted by atomic mass is 32.1. The quantitative estimate of drug-likeness (QED) is 0.0287. The van der Waals surface area contributed by atoms with Crippen molar-refractivity contribution in [1.82, 2.24) is 56.6 Å². The molecule has 2 aromatic heterocycles. The summed E-state index contributed by atoms with van der Waals surface area (Å²) in [6.07, 6.45) is 0.690. The molecule has 3 aliphatic rings. The molecule has 0 saturated carbocycles. The van der Waals surface area contributed by atoms with E-state index in [4.69, 9.17) is 5.73 Å². The van der Waals surface area contributed by atoms with Crippen LogP contribution in [0.4, 0.5) is 8.78 Å². The Bertz CT molecular complexity index is 3580. The molecule has 2 unspecified atom stereocenters. The number of thiazole rings is 1. The van der Waals surface area contributed by atoms with E-state index in [-0.39, 0.29) is 68.3 Å². The van der Waals surface area contributed by atoms with E-state index in [0.717, 1.165) is 39.9 Å². The van der Waals surface area contributed by atoms with Crippen molar-refractivity contribution in [2.75, 3.05) is 33.2 Å². The number of carbonyl (C=O) groups is 9. The van der Waals surface area contributed by atoms with E-state index in [1.807, 2.05) is 43.0 Å². The van der Waals surface area contributed by atoms with Gasteiger partial charge in [-0.2, -0.15) is 8.78 Å². The van der Waals surface area contributed by atoms with Crippen LogP contribution in [0.5, 0.6) is 0 Å². The number of fused-ring (bicyclic) bond motifs is 2. The van der Waals surface area contributed by atoms with Gasteiger partial charge in [0.25, 0.3) is 5.91 Å². The number of amides is 9. The molecule has 25 nitrogen and oxygen atoms in total. The molecule has 0 aliphatic carbocycles. The maximum Gasteiger partial charge on any atom is 0.399 e. The fraction of sp³-hybridized carbons (Fsp3) is 0.492. The van der Waals surface area contributed by atoms with Gasteiger partial charge in [0.05, 0.1) is 28.2 Å². The molecule has 496 valence electrons. The number of halogens is 2. The van der Waals surface area contributed by atoms with Crippen molar-refractivity contribution in [3.63, 3.8) is 0 Å². The van der Waals surface area contributed by atoms with E-state index < -0.39 is 132 Å². The van der Waals surface area contributed by atoms with Gasteiger partial charge in [-0.25, -0.2) is 4.98 Å². The second-order valence-electron chi connectivity index (χ2n) is 25.0. The summed E-state index contributed by atoms with van der Waals surface area (Å²) in [6.45, 7) is 9.65. The monoisotopic (exact) mass is 1310 g/mol. The lowest BCUT2D eigenvalue weighted by molar-refractivity contribution is -0.144. The molecular formula is C63H81F2N12O13PS. The van der Waals surface area contributed by atoms with Crippen LogP contribution in [0.25, 0.3) is 21.3 Å². The second kappa shape index (κ2) is 29.7. The zero-order valence-corrected chi connectivity index (χ0v) is 53.8. The van der Waals surface area contributed by atoms with Crippen LogP contribution in [0.2, 0.25) is 0 Å². The van der Waals surface area contributed by atoms with Gasteiger partial charge in [-0.15, -0.1) is 11.3 Å². The van der Waals surface area contributed by atoms with Gasteiger partial charge in [-0.1, -0.05) is 87.9 Å². The third kappa shape index (κ3) is 17.0. The molecule has 0 bridgehead atoms. The molecule has 3 aromatic carbocycles. The summed E-state index contributed by atoms with van der Waals surface area (Å²) < 4.78 is 40.7. The van der Waals surface area contributed by atoms with Gasteiger partial charge in [-0.05, 0) is 106 Å². The topological polar surface area (TPSA) is 368 Å². The van der Waals surface area contributed by atoms with E-state index in [2.05, 4.69) is 41.9 Å². The number of nitrogens with two attached hydrogens (primary N) is 1. The van der Waals surface area contributed by atoms with Crippen LogP contribution in [0.1, 0.15) is 137 Å². The standard InChI is InChI=1S/C63H81F2N12O13PS/c1-35(37-16-18-39(19-17-37)53-36(2)68-34-92-53)69-58(84)49-31-43(78)32-76(49)61(87)54(62(3,4)5)73-51(80)15-11-8-12-27-67-59(85)52(38-13-9-7-10-14-38)74-55(81)45(23-25-50(66)79)71-57(83)48-24-21-42-26-28-75(6)33-47(60(86)77(42)48)72-56(82)46-30-40-29-41(20-22-44(40)70-46)63(64,65)91(88,89)90/h7,9-10,13-14,16-20,22,29-30,34-35,42-43,45,47-49,52,54,70,78H,8,11-12,15,21,23-28,31-33H2,1-6H3,(H2,66,79)(H,67,85)(H,69,84)(H,71,83)(H,72,82)(H,73,80)(H,74,81)(H2,88,89,90)/t35-,42+,43+,45?,47-,48-,49-,52-,54?/m0/s1. The Kier molecular flexibility index (Phi) is 22.6. The Balaban J connectivity index is 0.846. The predicted octanol–water partition coefficient (Wildman–Crippen LogP) is 4.27. The Morgan fingerprint density at radius 2 is 1.54 bits per heavy atom. The molecule has 9 amide bonds. The highest BCUT2D eigenvalue weighted by Crippen LogP contribution is 2.59. The van der Waals surface area contributed by atoms with Crippen LogP contribution in [0.15, 0.2) is 84.4 Å². The molecule has 12 N–H and O–H groups in total. The number of aryl methyl sites for hydroxylation is 1. The van der Waals surface area contributed by atoms with Gasteiger partial charge in [0, 0.05) is 61.4 Å². The lowest BCUT2D eigenvalue weighted by Crippen LogP contribution is -2.61. The molecule has 5 heterocycles. The van der Waals surface area contributed by atoms with E-state index in [1.165, 1.54) is 27.2 Å². The number of hydrogen-bond acceptors (Lipinski definition) is 14. The number of benzene rings is 3. The normalized spacial score (nSPS) is 20.2. The number of aromatic nitrogens is 2. The highest BCUT2D eigenvalue weighted by Gasteiger charge is 2.51. The SMILES string of the molecule is Cc1ncsc1-c1ccc([C@H](C)NC(=O)[C@@H]2C[C@@H](O)CN2C(=O)C(NC(=O)CCCCCNC(=O)[C@@H](NC(=O)C(CCC(N)=O)NC(=O)[C@@H]2CC[C@@H]3CCN(C)C[C@H](NC(=O)c4cc5cc(C(F)(F)P(=O)(O)O)ccc5[nH]4)C(=O)N32)c2ccccc2)C(C)(C)C)cc1. The first-order valence-corrected chi connectivity index (χ1v) is 33.1. The van der Waals surface area contributed by atoms with Crippen molar-refractivity contribution in [3.8, 4) is 10.4 Å². The fourth-order valence-corrected chi connectivity index (χ4v) is 13.2. The summed E-state index contributed by atoms with van der Waals surface area (Å²) in [5.74, 6) is -5.76.